The van der Waals surface area contributed by atoms with Gasteiger partial charge in [-0.15, -0.1) is 0 Å². The predicted molar refractivity (Wildman–Crippen MR) is 50.4 cm³/mol. The van der Waals surface area contributed by atoms with Crippen molar-refractivity contribution in [1.82, 2.24) is 0 Å². The third-order valence-electron chi connectivity index (χ3n) is 1.96. The molecule has 0 aromatic heterocycles. The molecule has 13 heavy (non-hydrogen) atoms. The van der Waals surface area contributed by atoms with E-state index in [1.54, 1.807) is 6.92 Å². The molecule has 66 valence electrons. The number of carbonyl (C=O) groups is 1. The van der Waals surface area contributed by atoms with Crippen molar-refractivity contribution in [2.24, 2.45) is 0 Å². The smallest absolute Gasteiger partial charge is 0.159 e. The summed E-state index contributed by atoms with van der Waals surface area (Å²) in [7, 11) is 0. The molecule has 0 N–H and O–H groups in total. The minimum absolute atomic E-state index is 0.0990. The summed E-state index contributed by atoms with van der Waals surface area (Å²) in [5.41, 5.74) is 1.83. The summed E-state index contributed by atoms with van der Waals surface area (Å²) in [5.74, 6) is 1.11. The van der Waals surface area contributed by atoms with E-state index in [4.69, 9.17) is 4.74 Å². The van der Waals surface area contributed by atoms with Crippen molar-refractivity contribution in [3.8, 4) is 0 Å². The minimum Gasteiger partial charge on any atom is -0.486 e. The molecule has 0 spiro atoms. The molecule has 2 heteroatoms. The molecule has 0 amide bonds. The Labute approximate surface area is 76.8 Å². The lowest BCUT2D eigenvalue weighted by Crippen LogP contribution is -1.90. The fraction of sp³-hybridized carbons (Fsp3) is 0.182. The van der Waals surface area contributed by atoms with Gasteiger partial charge in [0.25, 0.3) is 0 Å². The lowest BCUT2D eigenvalue weighted by Gasteiger charge is -1.95. The van der Waals surface area contributed by atoms with Gasteiger partial charge in [0.2, 0.25) is 0 Å². The highest BCUT2D eigenvalue weighted by Crippen LogP contribution is 2.18. The Morgan fingerprint density at radius 3 is 2.46 bits per heavy atom. The van der Waals surface area contributed by atoms with Crippen molar-refractivity contribution in [2.75, 3.05) is 6.61 Å². The second kappa shape index (κ2) is 3.05. The average Bonchev–Trinajstić information content (AvgIpc) is 2.89. The molecule has 1 aromatic rings. The van der Waals surface area contributed by atoms with E-state index in [2.05, 4.69) is 0 Å². The van der Waals surface area contributed by atoms with Crippen LogP contribution >= 0.6 is 0 Å². The number of carbonyl (C=O) groups excluding carboxylic acids is 1. The number of ketones is 1. The van der Waals surface area contributed by atoms with Crippen LogP contribution in [0.3, 0.4) is 0 Å². The largest absolute Gasteiger partial charge is 0.486 e. The van der Waals surface area contributed by atoms with Crippen LogP contribution in [0.25, 0.3) is 6.08 Å². The van der Waals surface area contributed by atoms with Crippen molar-refractivity contribution in [2.45, 2.75) is 6.92 Å². The number of benzene rings is 1. The van der Waals surface area contributed by atoms with Gasteiger partial charge in [-0.05, 0) is 18.6 Å². The summed E-state index contributed by atoms with van der Waals surface area (Å²) in [6, 6.07) is 7.51. The SMILES string of the molecule is CC(=O)c1ccc(C=C2CO2)cc1. The van der Waals surface area contributed by atoms with Gasteiger partial charge < -0.3 is 4.74 Å². The molecule has 0 saturated carbocycles. The van der Waals surface area contributed by atoms with E-state index in [9.17, 15) is 4.79 Å². The Balaban J connectivity index is 2.22. The molecular weight excluding hydrogens is 164 g/mol. The highest BCUT2D eigenvalue weighted by atomic mass is 16.6. The van der Waals surface area contributed by atoms with Gasteiger partial charge in [-0.3, -0.25) is 4.79 Å². The molecule has 2 rings (SSSR count). The zero-order valence-corrected chi connectivity index (χ0v) is 7.41. The van der Waals surface area contributed by atoms with E-state index < -0.39 is 0 Å². The summed E-state index contributed by atoms with van der Waals surface area (Å²) < 4.78 is 4.98. The normalized spacial score (nSPS) is 16.8. The standard InChI is InChI=1S/C11H10O2/c1-8(12)10-4-2-9(3-5-10)6-11-7-13-11/h2-6H,7H2,1H3. The van der Waals surface area contributed by atoms with Crippen LogP contribution in [0.1, 0.15) is 22.8 Å². The van der Waals surface area contributed by atoms with Gasteiger partial charge in [0.15, 0.2) is 5.78 Å². The van der Waals surface area contributed by atoms with Crippen molar-refractivity contribution in [1.29, 1.82) is 0 Å². The first-order chi connectivity index (χ1) is 6.25. The van der Waals surface area contributed by atoms with Gasteiger partial charge in [-0.1, -0.05) is 24.3 Å². The van der Waals surface area contributed by atoms with Crippen LogP contribution in [0.4, 0.5) is 0 Å². The van der Waals surface area contributed by atoms with Gasteiger partial charge in [-0.25, -0.2) is 0 Å². The summed E-state index contributed by atoms with van der Waals surface area (Å²) in [6.45, 7) is 2.31. The van der Waals surface area contributed by atoms with Crippen molar-refractivity contribution < 1.29 is 9.53 Å². The molecule has 2 nitrogen and oxygen atoms in total. The Morgan fingerprint density at radius 2 is 2.00 bits per heavy atom. The van der Waals surface area contributed by atoms with Crippen LogP contribution < -0.4 is 0 Å². The molecule has 0 unspecified atom stereocenters. The van der Waals surface area contributed by atoms with Crippen LogP contribution in [-0.2, 0) is 4.74 Å². The summed E-state index contributed by atoms with van der Waals surface area (Å²) in [4.78, 5) is 11.0. The van der Waals surface area contributed by atoms with Gasteiger partial charge in [-0.2, -0.15) is 0 Å². The first kappa shape index (κ1) is 8.05. The fourth-order valence-electron chi connectivity index (χ4n) is 1.12. The molecule has 1 heterocycles. The first-order valence-corrected chi connectivity index (χ1v) is 4.20. The quantitative estimate of drug-likeness (QED) is 0.508. The Morgan fingerprint density at radius 1 is 1.38 bits per heavy atom. The second-order valence-electron chi connectivity index (χ2n) is 3.08. The van der Waals surface area contributed by atoms with E-state index in [1.165, 1.54) is 0 Å². The van der Waals surface area contributed by atoms with Gasteiger partial charge in [0.05, 0.1) is 0 Å². The maximum Gasteiger partial charge on any atom is 0.159 e. The Kier molecular flexibility index (Phi) is 1.89. The molecule has 0 bridgehead atoms. The minimum atomic E-state index is 0.0990. The van der Waals surface area contributed by atoms with Crippen molar-refractivity contribution in [3.05, 3.63) is 41.2 Å². The maximum absolute atomic E-state index is 11.0. The summed E-state index contributed by atoms with van der Waals surface area (Å²) >= 11 is 0. The van der Waals surface area contributed by atoms with Crippen LogP contribution in [0, 0.1) is 0 Å². The molecule has 1 aliphatic rings. The number of hydrogen-bond acceptors (Lipinski definition) is 2. The van der Waals surface area contributed by atoms with Gasteiger partial charge in [0.1, 0.15) is 12.4 Å². The monoisotopic (exact) mass is 174 g/mol. The highest BCUT2D eigenvalue weighted by molar-refractivity contribution is 5.94. The molecule has 1 aromatic carbocycles. The van der Waals surface area contributed by atoms with E-state index in [-0.39, 0.29) is 5.78 Å². The molecule has 1 saturated heterocycles. The van der Waals surface area contributed by atoms with E-state index in [0.29, 0.717) is 0 Å². The van der Waals surface area contributed by atoms with Crippen molar-refractivity contribution >= 4 is 11.9 Å². The number of hydrogen-bond donors (Lipinski definition) is 0. The number of rotatable bonds is 2. The van der Waals surface area contributed by atoms with Crippen molar-refractivity contribution in [3.63, 3.8) is 0 Å². The molecule has 1 fully saturated rings. The molecular formula is C11H10O2. The van der Waals surface area contributed by atoms with E-state index >= 15 is 0 Å². The number of Topliss-reactive ketones (excluding diaryl/α,β-unsaturated/α-hetero) is 1. The Hall–Kier alpha value is -1.57. The summed E-state index contributed by atoms with van der Waals surface area (Å²) in [5, 5.41) is 0. The third-order valence-corrected chi connectivity index (χ3v) is 1.96. The van der Waals surface area contributed by atoms with Crippen LogP contribution in [0.5, 0.6) is 0 Å². The first-order valence-electron chi connectivity index (χ1n) is 4.20. The lowest BCUT2D eigenvalue weighted by atomic mass is 10.1. The van der Waals surface area contributed by atoms with Gasteiger partial charge in [0, 0.05) is 5.56 Å². The average molecular weight is 174 g/mol. The molecule has 0 aliphatic carbocycles. The topological polar surface area (TPSA) is 29.6 Å². The Bertz CT molecular complexity index is 354. The zero-order chi connectivity index (χ0) is 9.26. The summed E-state index contributed by atoms with van der Waals surface area (Å²) in [6.07, 6.45) is 1.98. The zero-order valence-electron chi connectivity index (χ0n) is 7.41. The highest BCUT2D eigenvalue weighted by Gasteiger charge is 2.11. The maximum atomic E-state index is 11.0. The number of ether oxygens (including phenoxy) is 1. The van der Waals surface area contributed by atoms with Crippen LogP contribution in [0.15, 0.2) is 30.0 Å². The third kappa shape index (κ3) is 1.96. The molecule has 0 radical (unpaired) electrons. The van der Waals surface area contributed by atoms with E-state index in [1.807, 2.05) is 30.3 Å². The van der Waals surface area contributed by atoms with E-state index in [0.717, 1.165) is 23.5 Å². The van der Waals surface area contributed by atoms with Crippen LogP contribution in [-0.4, -0.2) is 12.4 Å². The predicted octanol–water partition coefficient (Wildman–Crippen LogP) is 2.26. The number of epoxide rings is 1. The van der Waals surface area contributed by atoms with Gasteiger partial charge >= 0.3 is 0 Å². The second-order valence-corrected chi connectivity index (χ2v) is 3.08. The molecule has 0 atom stereocenters. The molecule has 1 aliphatic heterocycles. The fourth-order valence-corrected chi connectivity index (χ4v) is 1.12. The lowest BCUT2D eigenvalue weighted by molar-refractivity contribution is 0.101. The van der Waals surface area contributed by atoms with Crippen LogP contribution in [0.2, 0.25) is 0 Å².